The van der Waals surface area contributed by atoms with E-state index in [9.17, 15) is 0 Å². The van der Waals surface area contributed by atoms with Crippen molar-refractivity contribution < 1.29 is 0 Å². The molecule has 0 aliphatic carbocycles. The molecule has 0 saturated heterocycles. The first-order valence-electron chi connectivity index (χ1n) is 8.58. The third-order valence-corrected chi connectivity index (χ3v) is 4.76. The van der Waals surface area contributed by atoms with Crippen molar-refractivity contribution in [3.05, 3.63) is 101 Å². The van der Waals surface area contributed by atoms with E-state index in [4.69, 9.17) is 28.3 Å². The molecule has 1 aromatic heterocycles. The number of rotatable bonds is 5. The van der Waals surface area contributed by atoms with Crippen LogP contribution < -0.4 is 5.32 Å². The quantitative estimate of drug-likeness (QED) is 0.421. The Hall–Kier alpha value is -2.75. The van der Waals surface area contributed by atoms with Gasteiger partial charge in [0, 0.05) is 39.6 Å². The SMILES string of the molecule is Clc1ccc(NCc2cn(-c3ccccc3)nc2-c2ccc(Cl)cc2)cc1. The lowest BCUT2D eigenvalue weighted by Crippen LogP contribution is -1.99. The van der Waals surface area contributed by atoms with Crippen LogP contribution in [0.15, 0.2) is 85.1 Å². The zero-order valence-corrected chi connectivity index (χ0v) is 16.0. The molecular weight excluding hydrogens is 377 g/mol. The largest absolute Gasteiger partial charge is 0.381 e. The van der Waals surface area contributed by atoms with Gasteiger partial charge in [-0.2, -0.15) is 5.10 Å². The number of aromatic nitrogens is 2. The maximum atomic E-state index is 6.05. The molecule has 0 atom stereocenters. The van der Waals surface area contributed by atoms with Gasteiger partial charge in [-0.15, -0.1) is 0 Å². The standard InChI is InChI=1S/C22H17Cl2N3/c23-18-8-6-16(7-9-18)22-17(14-25-20-12-10-19(24)11-13-20)15-27(26-22)21-4-2-1-3-5-21/h1-13,15,25H,14H2. The van der Waals surface area contributed by atoms with Crippen LogP contribution in [-0.4, -0.2) is 9.78 Å². The Morgan fingerprint density at radius 1 is 0.778 bits per heavy atom. The molecule has 27 heavy (non-hydrogen) atoms. The van der Waals surface area contributed by atoms with Crippen LogP contribution in [0.4, 0.5) is 5.69 Å². The highest BCUT2D eigenvalue weighted by Gasteiger charge is 2.12. The summed E-state index contributed by atoms with van der Waals surface area (Å²) in [5.74, 6) is 0. The molecule has 4 aromatic rings. The number of hydrogen-bond acceptors (Lipinski definition) is 2. The van der Waals surface area contributed by atoms with E-state index in [2.05, 4.69) is 11.5 Å². The molecular formula is C22H17Cl2N3. The van der Waals surface area contributed by atoms with Gasteiger partial charge in [0.05, 0.1) is 11.4 Å². The van der Waals surface area contributed by atoms with E-state index in [1.54, 1.807) is 0 Å². The van der Waals surface area contributed by atoms with E-state index in [1.807, 2.05) is 83.5 Å². The van der Waals surface area contributed by atoms with Crippen LogP contribution in [-0.2, 0) is 6.54 Å². The number of benzene rings is 3. The van der Waals surface area contributed by atoms with Crippen molar-refractivity contribution in [3.8, 4) is 16.9 Å². The molecule has 1 N–H and O–H groups in total. The van der Waals surface area contributed by atoms with Gasteiger partial charge in [-0.05, 0) is 48.5 Å². The highest BCUT2D eigenvalue weighted by molar-refractivity contribution is 6.30. The fraction of sp³-hybridized carbons (Fsp3) is 0.0455. The summed E-state index contributed by atoms with van der Waals surface area (Å²) in [5, 5.41) is 9.69. The number of nitrogens with zero attached hydrogens (tertiary/aromatic N) is 2. The van der Waals surface area contributed by atoms with E-state index in [-0.39, 0.29) is 0 Å². The van der Waals surface area contributed by atoms with E-state index in [0.717, 1.165) is 33.2 Å². The van der Waals surface area contributed by atoms with E-state index >= 15 is 0 Å². The van der Waals surface area contributed by atoms with Gasteiger partial charge < -0.3 is 5.32 Å². The van der Waals surface area contributed by atoms with Crippen LogP contribution in [0.25, 0.3) is 16.9 Å². The molecule has 0 unspecified atom stereocenters. The lowest BCUT2D eigenvalue weighted by molar-refractivity contribution is 0.883. The first-order chi connectivity index (χ1) is 13.2. The third-order valence-electron chi connectivity index (χ3n) is 4.26. The number of hydrogen-bond donors (Lipinski definition) is 1. The van der Waals surface area contributed by atoms with Gasteiger partial charge in [0.2, 0.25) is 0 Å². The normalized spacial score (nSPS) is 10.7. The van der Waals surface area contributed by atoms with Crippen LogP contribution in [0, 0.1) is 0 Å². The zero-order valence-electron chi connectivity index (χ0n) is 14.4. The highest BCUT2D eigenvalue weighted by Crippen LogP contribution is 2.26. The average Bonchev–Trinajstić information content (AvgIpc) is 3.13. The molecule has 0 aliphatic heterocycles. The van der Waals surface area contributed by atoms with Gasteiger partial charge >= 0.3 is 0 Å². The molecule has 0 bridgehead atoms. The predicted molar refractivity (Wildman–Crippen MR) is 113 cm³/mol. The second-order valence-corrected chi connectivity index (χ2v) is 7.02. The van der Waals surface area contributed by atoms with Crippen molar-refractivity contribution in [1.29, 1.82) is 0 Å². The topological polar surface area (TPSA) is 29.9 Å². The molecule has 134 valence electrons. The molecule has 0 spiro atoms. The zero-order chi connectivity index (χ0) is 18.6. The minimum Gasteiger partial charge on any atom is -0.381 e. The molecule has 0 fully saturated rings. The second kappa shape index (κ2) is 7.87. The van der Waals surface area contributed by atoms with Crippen LogP contribution >= 0.6 is 23.2 Å². The van der Waals surface area contributed by atoms with Crippen LogP contribution in [0.2, 0.25) is 10.0 Å². The summed E-state index contributed by atoms with van der Waals surface area (Å²) >= 11 is 12.0. The summed E-state index contributed by atoms with van der Waals surface area (Å²) in [6, 6.07) is 25.5. The Labute approximate surface area is 168 Å². The van der Waals surface area contributed by atoms with Crippen LogP contribution in [0.3, 0.4) is 0 Å². The molecule has 3 aromatic carbocycles. The number of para-hydroxylation sites is 1. The summed E-state index contributed by atoms with van der Waals surface area (Å²) in [7, 11) is 0. The average molecular weight is 394 g/mol. The minimum atomic E-state index is 0.645. The van der Waals surface area contributed by atoms with Gasteiger partial charge in [0.1, 0.15) is 0 Å². The Morgan fingerprint density at radius 2 is 1.41 bits per heavy atom. The van der Waals surface area contributed by atoms with E-state index in [0.29, 0.717) is 11.6 Å². The van der Waals surface area contributed by atoms with Gasteiger partial charge in [-0.1, -0.05) is 53.5 Å². The maximum absolute atomic E-state index is 6.05. The van der Waals surface area contributed by atoms with Crippen LogP contribution in [0.1, 0.15) is 5.56 Å². The molecule has 4 rings (SSSR count). The molecule has 3 nitrogen and oxygen atoms in total. The molecule has 0 saturated carbocycles. The Morgan fingerprint density at radius 3 is 2.07 bits per heavy atom. The van der Waals surface area contributed by atoms with Crippen molar-refractivity contribution in [2.45, 2.75) is 6.54 Å². The molecule has 0 amide bonds. The lowest BCUT2D eigenvalue weighted by atomic mass is 10.1. The Balaban J connectivity index is 1.68. The second-order valence-electron chi connectivity index (χ2n) is 6.15. The van der Waals surface area contributed by atoms with Crippen molar-refractivity contribution in [3.63, 3.8) is 0 Å². The molecule has 5 heteroatoms. The van der Waals surface area contributed by atoms with Crippen molar-refractivity contribution in [1.82, 2.24) is 9.78 Å². The molecule has 0 aliphatic rings. The molecule has 0 radical (unpaired) electrons. The first kappa shape index (κ1) is 17.7. The smallest absolute Gasteiger partial charge is 0.0977 e. The minimum absolute atomic E-state index is 0.645. The summed E-state index contributed by atoms with van der Waals surface area (Å²) < 4.78 is 1.91. The van der Waals surface area contributed by atoms with E-state index < -0.39 is 0 Å². The summed E-state index contributed by atoms with van der Waals surface area (Å²) in [5.41, 5.74) is 5.08. The van der Waals surface area contributed by atoms with Crippen molar-refractivity contribution in [2.24, 2.45) is 0 Å². The highest BCUT2D eigenvalue weighted by atomic mass is 35.5. The van der Waals surface area contributed by atoms with Crippen molar-refractivity contribution >= 4 is 28.9 Å². The summed E-state index contributed by atoms with van der Waals surface area (Å²) in [4.78, 5) is 0. The van der Waals surface area contributed by atoms with Crippen LogP contribution in [0.5, 0.6) is 0 Å². The van der Waals surface area contributed by atoms with Crippen molar-refractivity contribution in [2.75, 3.05) is 5.32 Å². The fourth-order valence-electron chi connectivity index (χ4n) is 2.87. The monoisotopic (exact) mass is 393 g/mol. The Kier molecular flexibility index (Phi) is 5.14. The number of anilines is 1. The fourth-order valence-corrected chi connectivity index (χ4v) is 3.12. The number of halogens is 2. The van der Waals surface area contributed by atoms with Gasteiger partial charge in [-0.25, -0.2) is 4.68 Å². The van der Waals surface area contributed by atoms with Gasteiger partial charge in [0.15, 0.2) is 0 Å². The molecule has 1 heterocycles. The third kappa shape index (κ3) is 4.16. The first-order valence-corrected chi connectivity index (χ1v) is 9.34. The maximum Gasteiger partial charge on any atom is 0.0977 e. The Bertz CT molecular complexity index is 1020. The summed E-state index contributed by atoms with van der Waals surface area (Å²) in [6.07, 6.45) is 2.06. The lowest BCUT2D eigenvalue weighted by Gasteiger charge is -2.07. The van der Waals surface area contributed by atoms with Gasteiger partial charge in [0.25, 0.3) is 0 Å². The van der Waals surface area contributed by atoms with E-state index in [1.165, 1.54) is 0 Å². The predicted octanol–water partition coefficient (Wildman–Crippen LogP) is 6.46. The summed E-state index contributed by atoms with van der Waals surface area (Å²) in [6.45, 7) is 0.645. The van der Waals surface area contributed by atoms with Gasteiger partial charge in [-0.3, -0.25) is 0 Å². The number of nitrogens with one attached hydrogen (secondary N) is 1.